The van der Waals surface area contributed by atoms with Crippen LogP contribution in [0.25, 0.3) is 0 Å². The van der Waals surface area contributed by atoms with E-state index >= 15 is 0 Å². The lowest BCUT2D eigenvalue weighted by molar-refractivity contribution is 0.414. The molecule has 0 heterocycles. The largest absolute Gasteiger partial charge is 0.497 e. The van der Waals surface area contributed by atoms with Crippen molar-refractivity contribution in [2.45, 2.75) is 11.5 Å². The van der Waals surface area contributed by atoms with Crippen molar-refractivity contribution < 1.29 is 17.9 Å². The van der Waals surface area contributed by atoms with Crippen molar-refractivity contribution in [3.63, 3.8) is 0 Å². The van der Waals surface area contributed by atoms with Gasteiger partial charge in [0.25, 0.3) is 0 Å². The van der Waals surface area contributed by atoms with Crippen LogP contribution >= 0.6 is 0 Å². The van der Waals surface area contributed by atoms with Crippen LogP contribution in [0, 0.1) is 0 Å². The molecule has 0 fully saturated rings. The molecule has 2 aromatic rings. The molecular weight excluding hydrogens is 288 g/mol. The third-order valence-corrected chi connectivity index (χ3v) is 4.64. The van der Waals surface area contributed by atoms with Crippen molar-refractivity contribution in [3.8, 4) is 11.5 Å². The van der Waals surface area contributed by atoms with E-state index in [0.29, 0.717) is 11.5 Å². The van der Waals surface area contributed by atoms with Gasteiger partial charge in [0.2, 0.25) is 0 Å². The Labute approximate surface area is 125 Å². The van der Waals surface area contributed by atoms with E-state index in [-0.39, 0.29) is 11.5 Å². The van der Waals surface area contributed by atoms with Crippen molar-refractivity contribution in [3.05, 3.63) is 59.7 Å². The third-order valence-electron chi connectivity index (χ3n) is 3.09. The Morgan fingerprint density at radius 3 is 1.33 bits per heavy atom. The zero-order chi connectivity index (χ0) is 15.3. The molecule has 5 heteroatoms. The van der Waals surface area contributed by atoms with Crippen molar-refractivity contribution in [1.29, 1.82) is 0 Å². The molecule has 0 aliphatic carbocycles. The molecule has 0 N–H and O–H groups in total. The monoisotopic (exact) mass is 306 g/mol. The Kier molecular flexibility index (Phi) is 4.85. The maximum Gasteiger partial charge on any atom is 0.158 e. The predicted molar refractivity (Wildman–Crippen MR) is 82.3 cm³/mol. The molecular formula is C16H18O4S. The van der Waals surface area contributed by atoms with Crippen LogP contribution in [0.4, 0.5) is 0 Å². The Balaban J connectivity index is 2.06. The summed E-state index contributed by atoms with van der Waals surface area (Å²) in [4.78, 5) is 0. The fourth-order valence-electron chi connectivity index (χ4n) is 2.00. The molecule has 0 aliphatic heterocycles. The Morgan fingerprint density at radius 1 is 0.714 bits per heavy atom. The van der Waals surface area contributed by atoms with Gasteiger partial charge >= 0.3 is 0 Å². The number of methoxy groups -OCH3 is 2. The second-order valence-corrected chi connectivity index (χ2v) is 6.79. The van der Waals surface area contributed by atoms with E-state index in [4.69, 9.17) is 9.47 Å². The van der Waals surface area contributed by atoms with E-state index in [1.54, 1.807) is 62.8 Å². The molecule has 0 atom stereocenters. The fourth-order valence-corrected chi connectivity index (χ4v) is 3.51. The maximum absolute atomic E-state index is 12.2. The quantitative estimate of drug-likeness (QED) is 0.823. The number of ether oxygens (including phenoxy) is 2. The topological polar surface area (TPSA) is 52.6 Å². The van der Waals surface area contributed by atoms with Gasteiger partial charge in [0.15, 0.2) is 9.84 Å². The molecule has 0 spiro atoms. The van der Waals surface area contributed by atoms with Crippen LogP contribution in [-0.2, 0) is 21.3 Å². The van der Waals surface area contributed by atoms with E-state index in [0.717, 1.165) is 11.1 Å². The summed E-state index contributed by atoms with van der Waals surface area (Å²) in [7, 11) is -0.0509. The molecule has 2 aromatic carbocycles. The minimum Gasteiger partial charge on any atom is -0.497 e. The third kappa shape index (κ3) is 4.49. The van der Waals surface area contributed by atoms with Gasteiger partial charge in [-0.3, -0.25) is 0 Å². The summed E-state index contributed by atoms with van der Waals surface area (Å²) in [6.07, 6.45) is 0. The second kappa shape index (κ2) is 6.63. The van der Waals surface area contributed by atoms with Gasteiger partial charge in [-0.05, 0) is 35.4 Å². The lowest BCUT2D eigenvalue weighted by Crippen LogP contribution is -2.07. The van der Waals surface area contributed by atoms with E-state index in [9.17, 15) is 8.42 Å². The zero-order valence-corrected chi connectivity index (χ0v) is 12.9. The average molecular weight is 306 g/mol. The Bertz CT molecular complexity index is 618. The first-order valence-electron chi connectivity index (χ1n) is 6.49. The lowest BCUT2D eigenvalue weighted by atomic mass is 10.2. The van der Waals surface area contributed by atoms with Gasteiger partial charge in [0, 0.05) is 0 Å². The van der Waals surface area contributed by atoms with Gasteiger partial charge in [-0.2, -0.15) is 0 Å². The van der Waals surface area contributed by atoms with Crippen LogP contribution < -0.4 is 9.47 Å². The summed E-state index contributed by atoms with van der Waals surface area (Å²) < 4.78 is 34.5. The molecule has 0 amide bonds. The number of hydrogen-bond acceptors (Lipinski definition) is 4. The molecule has 0 saturated carbocycles. The van der Waals surface area contributed by atoms with Crippen LogP contribution in [0.1, 0.15) is 11.1 Å². The number of rotatable bonds is 6. The van der Waals surface area contributed by atoms with Gasteiger partial charge in [0.1, 0.15) is 11.5 Å². The van der Waals surface area contributed by atoms with E-state index < -0.39 is 9.84 Å². The van der Waals surface area contributed by atoms with Gasteiger partial charge in [-0.1, -0.05) is 24.3 Å². The number of hydrogen-bond donors (Lipinski definition) is 0. The maximum atomic E-state index is 12.2. The Hall–Kier alpha value is -2.01. The fraction of sp³-hybridized carbons (Fsp3) is 0.250. The second-order valence-electron chi connectivity index (χ2n) is 4.73. The van der Waals surface area contributed by atoms with Crippen LogP contribution in [0.2, 0.25) is 0 Å². The van der Waals surface area contributed by atoms with Crippen LogP contribution in [0.5, 0.6) is 11.5 Å². The summed E-state index contributed by atoms with van der Waals surface area (Å²) in [6.45, 7) is 0. The molecule has 0 aliphatic rings. The Morgan fingerprint density at radius 2 is 1.05 bits per heavy atom. The van der Waals surface area contributed by atoms with E-state index in [1.807, 2.05) is 0 Å². The summed E-state index contributed by atoms with van der Waals surface area (Å²) in [5.74, 6) is 1.46. The first-order valence-corrected chi connectivity index (χ1v) is 8.31. The lowest BCUT2D eigenvalue weighted by Gasteiger charge is -2.07. The first-order chi connectivity index (χ1) is 10.0. The predicted octanol–water partition coefficient (Wildman–Crippen LogP) is 2.82. The minimum absolute atomic E-state index is 0.0169. The molecule has 0 aromatic heterocycles. The zero-order valence-electron chi connectivity index (χ0n) is 12.1. The first kappa shape index (κ1) is 15.4. The summed E-state index contributed by atoms with van der Waals surface area (Å²) >= 11 is 0. The highest BCUT2D eigenvalue weighted by Gasteiger charge is 2.13. The normalized spacial score (nSPS) is 11.1. The van der Waals surface area contributed by atoms with Crippen molar-refractivity contribution in [2.24, 2.45) is 0 Å². The smallest absolute Gasteiger partial charge is 0.158 e. The van der Waals surface area contributed by atoms with Crippen molar-refractivity contribution in [2.75, 3.05) is 14.2 Å². The molecule has 0 saturated heterocycles. The standard InChI is InChI=1S/C16H18O4S/c1-19-15-7-3-13(4-8-15)11-21(17,18)12-14-5-9-16(20-2)10-6-14/h3-10H,11-12H2,1-2H3. The highest BCUT2D eigenvalue weighted by molar-refractivity contribution is 7.89. The molecule has 0 bridgehead atoms. The summed E-state index contributed by atoms with van der Waals surface area (Å²) in [5, 5.41) is 0. The van der Waals surface area contributed by atoms with Crippen LogP contribution in [-0.4, -0.2) is 22.6 Å². The van der Waals surface area contributed by atoms with Gasteiger partial charge < -0.3 is 9.47 Å². The molecule has 4 nitrogen and oxygen atoms in total. The van der Waals surface area contributed by atoms with E-state index in [2.05, 4.69) is 0 Å². The van der Waals surface area contributed by atoms with Gasteiger partial charge in [-0.25, -0.2) is 8.42 Å². The SMILES string of the molecule is COc1ccc(CS(=O)(=O)Cc2ccc(OC)cc2)cc1. The van der Waals surface area contributed by atoms with Crippen LogP contribution in [0.15, 0.2) is 48.5 Å². The van der Waals surface area contributed by atoms with Crippen molar-refractivity contribution >= 4 is 9.84 Å². The van der Waals surface area contributed by atoms with Gasteiger partial charge in [0.05, 0.1) is 25.7 Å². The number of benzene rings is 2. The molecule has 0 unspecified atom stereocenters. The molecule has 112 valence electrons. The van der Waals surface area contributed by atoms with Crippen LogP contribution in [0.3, 0.4) is 0 Å². The summed E-state index contributed by atoms with van der Waals surface area (Å²) in [5.41, 5.74) is 1.51. The van der Waals surface area contributed by atoms with Crippen molar-refractivity contribution in [1.82, 2.24) is 0 Å². The van der Waals surface area contributed by atoms with E-state index in [1.165, 1.54) is 0 Å². The molecule has 0 radical (unpaired) electrons. The minimum atomic E-state index is -3.21. The highest BCUT2D eigenvalue weighted by atomic mass is 32.2. The number of sulfone groups is 1. The summed E-state index contributed by atoms with van der Waals surface area (Å²) in [6, 6.07) is 14.1. The molecule has 2 rings (SSSR count). The van der Waals surface area contributed by atoms with Gasteiger partial charge in [-0.15, -0.1) is 0 Å². The average Bonchev–Trinajstić information content (AvgIpc) is 2.48. The highest BCUT2D eigenvalue weighted by Crippen LogP contribution is 2.18. The molecule has 21 heavy (non-hydrogen) atoms.